The van der Waals surface area contributed by atoms with E-state index in [0.29, 0.717) is 13.0 Å². The molecule has 0 radical (unpaired) electrons. The van der Waals surface area contributed by atoms with Gasteiger partial charge in [-0.1, -0.05) is 0 Å². The normalized spacial score (nSPS) is 12.4. The minimum atomic E-state index is -0.334. The number of amides is 1. The number of aromatic amines is 1. The Labute approximate surface area is 86.8 Å². The first-order valence-electron chi connectivity index (χ1n) is 4.54. The van der Waals surface area contributed by atoms with Crippen LogP contribution in [0.3, 0.4) is 0 Å². The Morgan fingerprint density at radius 3 is 3.13 bits per heavy atom. The highest BCUT2D eigenvalue weighted by Crippen LogP contribution is 1.95. The van der Waals surface area contributed by atoms with Crippen LogP contribution < -0.4 is 5.32 Å². The second-order valence-electron chi connectivity index (χ2n) is 2.99. The summed E-state index contributed by atoms with van der Waals surface area (Å²) in [6, 6.07) is -0.218. The second kappa shape index (κ2) is 6.10. The highest BCUT2D eigenvalue weighted by atomic mass is 16.5. The van der Waals surface area contributed by atoms with Crippen LogP contribution in [-0.2, 0) is 4.74 Å². The standard InChI is InChI=1S/C8H14N4O3/c1-15-5-6(2-3-13)10-8(14)7-4-9-12-11-7/h4,6,13H,2-3,5H2,1H3,(H,10,14)(H,9,11,12). The van der Waals surface area contributed by atoms with Crippen molar-refractivity contribution in [3.8, 4) is 0 Å². The average Bonchev–Trinajstić information content (AvgIpc) is 2.71. The SMILES string of the molecule is COCC(CCO)NC(=O)c1cn[nH]n1. The molecule has 0 saturated carbocycles. The molecule has 7 nitrogen and oxygen atoms in total. The second-order valence-corrected chi connectivity index (χ2v) is 2.99. The number of nitrogens with one attached hydrogen (secondary N) is 2. The molecule has 84 valence electrons. The van der Waals surface area contributed by atoms with E-state index in [1.807, 2.05) is 0 Å². The number of aliphatic hydroxyl groups is 1. The van der Waals surface area contributed by atoms with E-state index in [4.69, 9.17) is 9.84 Å². The van der Waals surface area contributed by atoms with Crippen molar-refractivity contribution in [1.82, 2.24) is 20.7 Å². The van der Waals surface area contributed by atoms with Crippen LogP contribution >= 0.6 is 0 Å². The van der Waals surface area contributed by atoms with E-state index >= 15 is 0 Å². The lowest BCUT2D eigenvalue weighted by Gasteiger charge is -2.15. The monoisotopic (exact) mass is 214 g/mol. The molecule has 1 aromatic heterocycles. The molecule has 1 atom stereocenters. The third-order valence-corrected chi connectivity index (χ3v) is 1.83. The minimum absolute atomic E-state index is 0.00682. The van der Waals surface area contributed by atoms with Gasteiger partial charge in [-0.05, 0) is 6.42 Å². The number of aliphatic hydroxyl groups excluding tert-OH is 1. The lowest BCUT2D eigenvalue weighted by atomic mass is 10.2. The lowest BCUT2D eigenvalue weighted by molar-refractivity contribution is 0.0874. The zero-order valence-electron chi connectivity index (χ0n) is 8.43. The van der Waals surface area contributed by atoms with Gasteiger partial charge in [-0.15, -0.1) is 0 Å². The first kappa shape index (κ1) is 11.6. The van der Waals surface area contributed by atoms with Crippen molar-refractivity contribution in [1.29, 1.82) is 0 Å². The fraction of sp³-hybridized carbons (Fsp3) is 0.625. The number of rotatable bonds is 6. The third-order valence-electron chi connectivity index (χ3n) is 1.83. The maximum absolute atomic E-state index is 11.5. The van der Waals surface area contributed by atoms with E-state index in [-0.39, 0.29) is 24.2 Å². The van der Waals surface area contributed by atoms with Crippen LogP contribution in [0.5, 0.6) is 0 Å². The van der Waals surface area contributed by atoms with Crippen LogP contribution in [0.1, 0.15) is 16.9 Å². The summed E-state index contributed by atoms with van der Waals surface area (Å²) in [4.78, 5) is 11.5. The molecule has 3 N–H and O–H groups in total. The van der Waals surface area contributed by atoms with Gasteiger partial charge >= 0.3 is 0 Å². The summed E-state index contributed by atoms with van der Waals surface area (Å²) in [7, 11) is 1.53. The fourth-order valence-corrected chi connectivity index (χ4v) is 1.12. The summed E-state index contributed by atoms with van der Waals surface area (Å²) in [5.41, 5.74) is 0.217. The van der Waals surface area contributed by atoms with Crippen LogP contribution in [0, 0.1) is 0 Å². The molecular formula is C8H14N4O3. The molecular weight excluding hydrogens is 200 g/mol. The lowest BCUT2D eigenvalue weighted by Crippen LogP contribution is -2.38. The molecule has 1 rings (SSSR count). The Morgan fingerprint density at radius 1 is 1.80 bits per heavy atom. The van der Waals surface area contributed by atoms with E-state index in [9.17, 15) is 4.79 Å². The summed E-state index contributed by atoms with van der Waals surface area (Å²) in [5.74, 6) is -0.334. The third kappa shape index (κ3) is 3.64. The Balaban J connectivity index is 2.47. The number of H-pyrrole nitrogens is 1. The zero-order chi connectivity index (χ0) is 11.1. The van der Waals surface area contributed by atoms with Gasteiger partial charge in [0.1, 0.15) is 0 Å². The summed E-state index contributed by atoms with van der Waals surface area (Å²) >= 11 is 0. The van der Waals surface area contributed by atoms with Gasteiger partial charge in [0.2, 0.25) is 0 Å². The molecule has 1 unspecified atom stereocenters. The molecule has 0 fully saturated rings. The molecule has 0 saturated heterocycles. The number of carbonyl (C=O) groups excluding carboxylic acids is 1. The molecule has 0 bridgehead atoms. The molecule has 0 spiro atoms. The average molecular weight is 214 g/mol. The van der Waals surface area contributed by atoms with Crippen molar-refractivity contribution in [3.05, 3.63) is 11.9 Å². The maximum atomic E-state index is 11.5. The van der Waals surface area contributed by atoms with E-state index in [0.717, 1.165) is 0 Å². The molecule has 1 amide bonds. The predicted molar refractivity (Wildman–Crippen MR) is 51.2 cm³/mol. The Bertz CT molecular complexity index is 282. The predicted octanol–water partition coefficient (Wildman–Crippen LogP) is -1.07. The Hall–Kier alpha value is -1.47. The number of methoxy groups -OCH3 is 1. The van der Waals surface area contributed by atoms with Crippen molar-refractivity contribution in [2.75, 3.05) is 20.3 Å². The van der Waals surface area contributed by atoms with Crippen molar-refractivity contribution >= 4 is 5.91 Å². The zero-order valence-corrected chi connectivity index (χ0v) is 8.43. The Morgan fingerprint density at radius 2 is 2.60 bits per heavy atom. The highest BCUT2D eigenvalue weighted by molar-refractivity contribution is 5.91. The molecule has 0 aliphatic heterocycles. The van der Waals surface area contributed by atoms with Crippen LogP contribution in [0.25, 0.3) is 0 Å². The van der Waals surface area contributed by atoms with Gasteiger partial charge < -0.3 is 15.2 Å². The number of hydrogen-bond donors (Lipinski definition) is 3. The summed E-state index contributed by atoms with van der Waals surface area (Å²) in [6.07, 6.45) is 1.77. The number of aromatic nitrogens is 3. The number of hydrogen-bond acceptors (Lipinski definition) is 5. The molecule has 7 heteroatoms. The summed E-state index contributed by atoms with van der Waals surface area (Å²) < 4.78 is 4.91. The highest BCUT2D eigenvalue weighted by Gasteiger charge is 2.14. The fourth-order valence-electron chi connectivity index (χ4n) is 1.12. The number of carbonyl (C=O) groups is 1. The van der Waals surface area contributed by atoms with Gasteiger partial charge in [0.15, 0.2) is 5.69 Å². The molecule has 0 aliphatic carbocycles. The quantitative estimate of drug-likeness (QED) is 0.560. The van der Waals surface area contributed by atoms with Gasteiger partial charge in [-0.2, -0.15) is 15.4 Å². The van der Waals surface area contributed by atoms with E-state index < -0.39 is 0 Å². The molecule has 15 heavy (non-hydrogen) atoms. The topological polar surface area (TPSA) is 100 Å². The van der Waals surface area contributed by atoms with Crippen LogP contribution in [-0.4, -0.2) is 52.8 Å². The minimum Gasteiger partial charge on any atom is -0.396 e. The van der Waals surface area contributed by atoms with E-state index in [2.05, 4.69) is 20.7 Å². The van der Waals surface area contributed by atoms with Crippen LogP contribution in [0.2, 0.25) is 0 Å². The van der Waals surface area contributed by atoms with Crippen molar-refractivity contribution in [3.63, 3.8) is 0 Å². The van der Waals surface area contributed by atoms with Crippen LogP contribution in [0.15, 0.2) is 6.20 Å². The van der Waals surface area contributed by atoms with Crippen molar-refractivity contribution in [2.24, 2.45) is 0 Å². The molecule has 1 aromatic rings. The first-order chi connectivity index (χ1) is 7.27. The van der Waals surface area contributed by atoms with E-state index in [1.54, 1.807) is 0 Å². The smallest absolute Gasteiger partial charge is 0.273 e. The largest absolute Gasteiger partial charge is 0.396 e. The summed E-state index contributed by atoms with van der Waals surface area (Å²) in [6.45, 7) is 0.345. The maximum Gasteiger partial charge on any atom is 0.273 e. The van der Waals surface area contributed by atoms with Crippen LogP contribution in [0.4, 0.5) is 0 Å². The van der Waals surface area contributed by atoms with Crippen molar-refractivity contribution in [2.45, 2.75) is 12.5 Å². The first-order valence-corrected chi connectivity index (χ1v) is 4.54. The molecule has 0 aromatic carbocycles. The molecule has 1 heterocycles. The van der Waals surface area contributed by atoms with Gasteiger partial charge in [-0.25, -0.2) is 0 Å². The van der Waals surface area contributed by atoms with E-state index in [1.165, 1.54) is 13.3 Å². The van der Waals surface area contributed by atoms with Gasteiger partial charge in [0, 0.05) is 13.7 Å². The van der Waals surface area contributed by atoms with Gasteiger partial charge in [-0.3, -0.25) is 4.79 Å². The van der Waals surface area contributed by atoms with Crippen molar-refractivity contribution < 1.29 is 14.6 Å². The summed E-state index contributed by atoms with van der Waals surface area (Å²) in [5, 5.41) is 20.9. The van der Waals surface area contributed by atoms with Gasteiger partial charge in [0.05, 0.1) is 18.8 Å². The number of nitrogens with zero attached hydrogens (tertiary/aromatic N) is 2. The molecule has 0 aliphatic rings. The number of ether oxygens (including phenoxy) is 1. The Kier molecular flexibility index (Phi) is 4.72. The van der Waals surface area contributed by atoms with Gasteiger partial charge in [0.25, 0.3) is 5.91 Å².